The summed E-state index contributed by atoms with van der Waals surface area (Å²) in [7, 11) is 0. The quantitative estimate of drug-likeness (QED) is 0.379. The molecule has 6 nitrogen and oxygen atoms in total. The van der Waals surface area contributed by atoms with Gasteiger partial charge in [0.1, 0.15) is 0 Å². The normalized spacial score (nSPS) is 9.95. The van der Waals surface area contributed by atoms with Crippen molar-refractivity contribution in [3.05, 3.63) is 64.2 Å². The molecule has 0 saturated heterocycles. The van der Waals surface area contributed by atoms with Crippen LogP contribution in [-0.2, 0) is 0 Å². The maximum Gasteiger partial charge on any atom is 0.270 e. The van der Waals surface area contributed by atoms with Crippen molar-refractivity contribution >= 4 is 11.6 Å². The molecule has 0 heterocycles. The molecule has 96 valence electrons. The van der Waals surface area contributed by atoms with E-state index in [1.165, 1.54) is 18.2 Å². The van der Waals surface area contributed by atoms with Crippen LogP contribution in [0.1, 0.15) is 10.4 Å². The number of nitrogens with one attached hydrogen (secondary N) is 1. The smallest absolute Gasteiger partial charge is 0.270 e. The Morgan fingerprint density at radius 3 is 2.42 bits per heavy atom. The van der Waals surface area contributed by atoms with Crippen molar-refractivity contribution in [3.63, 3.8) is 0 Å². The molecule has 0 saturated carbocycles. The fourth-order valence-electron chi connectivity index (χ4n) is 1.78. The van der Waals surface area contributed by atoms with Crippen molar-refractivity contribution in [2.75, 3.05) is 0 Å². The van der Waals surface area contributed by atoms with Crippen LogP contribution in [-0.4, -0.2) is 10.8 Å². The second-order valence-electron chi connectivity index (χ2n) is 3.83. The molecule has 0 aliphatic carbocycles. The molecule has 2 rings (SSSR count). The van der Waals surface area contributed by atoms with Crippen LogP contribution in [0, 0.1) is 10.1 Å². The average Bonchev–Trinajstić information content (AvgIpc) is 2.46. The van der Waals surface area contributed by atoms with E-state index in [1.54, 1.807) is 24.3 Å². The van der Waals surface area contributed by atoms with Gasteiger partial charge in [-0.3, -0.25) is 20.3 Å². The minimum absolute atomic E-state index is 0.0765. The van der Waals surface area contributed by atoms with Gasteiger partial charge in [0.2, 0.25) is 0 Å². The lowest BCUT2D eigenvalue weighted by atomic mass is 9.98. The molecule has 1 amide bonds. The molecule has 0 spiro atoms. The zero-order chi connectivity index (χ0) is 13.8. The molecule has 19 heavy (non-hydrogen) atoms. The number of nitrogens with zero attached hydrogens (tertiary/aromatic N) is 1. The van der Waals surface area contributed by atoms with Crippen LogP contribution in [0.3, 0.4) is 0 Å². The van der Waals surface area contributed by atoms with Crippen LogP contribution in [0.5, 0.6) is 0 Å². The summed E-state index contributed by atoms with van der Waals surface area (Å²) in [4.78, 5) is 22.0. The van der Waals surface area contributed by atoms with Gasteiger partial charge >= 0.3 is 0 Å². The maximum absolute atomic E-state index is 11.7. The van der Waals surface area contributed by atoms with Crippen molar-refractivity contribution in [1.29, 1.82) is 0 Å². The van der Waals surface area contributed by atoms with E-state index in [9.17, 15) is 14.9 Å². The highest BCUT2D eigenvalue weighted by atomic mass is 16.6. The fraction of sp³-hybridized carbons (Fsp3) is 0. The minimum Gasteiger partial charge on any atom is -0.290 e. The van der Waals surface area contributed by atoms with Crippen molar-refractivity contribution in [2.24, 2.45) is 5.84 Å². The molecule has 2 aromatic carbocycles. The first-order chi connectivity index (χ1) is 9.13. The number of carbonyl (C=O) groups is 1. The second-order valence-corrected chi connectivity index (χ2v) is 3.83. The van der Waals surface area contributed by atoms with Gasteiger partial charge in [-0.05, 0) is 11.6 Å². The summed E-state index contributed by atoms with van der Waals surface area (Å²) >= 11 is 0. The number of hydrogen-bond acceptors (Lipinski definition) is 4. The van der Waals surface area contributed by atoms with Gasteiger partial charge in [-0.25, -0.2) is 5.84 Å². The monoisotopic (exact) mass is 257 g/mol. The number of nitrogens with two attached hydrogens (primary N) is 1. The molecule has 0 bridgehead atoms. The van der Waals surface area contributed by atoms with E-state index in [2.05, 4.69) is 0 Å². The Bertz CT molecular complexity index is 626. The van der Waals surface area contributed by atoms with Crippen LogP contribution in [0.2, 0.25) is 0 Å². The highest BCUT2D eigenvalue weighted by molar-refractivity contribution is 6.01. The van der Waals surface area contributed by atoms with Crippen molar-refractivity contribution in [3.8, 4) is 11.1 Å². The zero-order valence-corrected chi connectivity index (χ0v) is 9.87. The standard InChI is InChI=1S/C13H11N3O3/c14-15-13(17)11-7-6-10(16(18)19)8-12(11)9-4-2-1-3-5-9/h1-8H,14H2,(H,15,17). The minimum atomic E-state index is -0.503. The van der Waals surface area contributed by atoms with Gasteiger partial charge in [0.05, 0.1) is 4.92 Å². The predicted molar refractivity (Wildman–Crippen MR) is 70.2 cm³/mol. The van der Waals surface area contributed by atoms with Crippen LogP contribution >= 0.6 is 0 Å². The van der Waals surface area contributed by atoms with Gasteiger partial charge in [0, 0.05) is 23.3 Å². The number of hydrogen-bond donors (Lipinski definition) is 2. The first kappa shape index (κ1) is 12.7. The third kappa shape index (κ3) is 2.58. The Morgan fingerprint density at radius 2 is 1.84 bits per heavy atom. The number of amides is 1. The highest BCUT2D eigenvalue weighted by Crippen LogP contribution is 2.27. The SMILES string of the molecule is NNC(=O)c1ccc([N+](=O)[O-])cc1-c1ccccc1. The number of benzene rings is 2. The van der Waals surface area contributed by atoms with E-state index < -0.39 is 10.8 Å². The summed E-state index contributed by atoms with van der Waals surface area (Å²) < 4.78 is 0. The Balaban J connectivity index is 2.63. The van der Waals surface area contributed by atoms with E-state index in [0.29, 0.717) is 16.7 Å². The molecule has 0 atom stereocenters. The molecule has 0 radical (unpaired) electrons. The maximum atomic E-state index is 11.7. The molecule has 0 aliphatic heterocycles. The van der Waals surface area contributed by atoms with E-state index in [0.717, 1.165) is 0 Å². The van der Waals surface area contributed by atoms with Crippen molar-refractivity contribution in [2.45, 2.75) is 0 Å². The lowest BCUT2D eigenvalue weighted by Gasteiger charge is -2.08. The van der Waals surface area contributed by atoms with Crippen LogP contribution < -0.4 is 11.3 Å². The molecule has 3 N–H and O–H groups in total. The lowest BCUT2D eigenvalue weighted by Crippen LogP contribution is -2.30. The zero-order valence-electron chi connectivity index (χ0n) is 9.87. The number of rotatable bonds is 3. The van der Waals surface area contributed by atoms with Crippen molar-refractivity contribution < 1.29 is 9.72 Å². The molecule has 2 aromatic rings. The van der Waals surface area contributed by atoms with Gasteiger partial charge in [-0.2, -0.15) is 0 Å². The van der Waals surface area contributed by atoms with E-state index in [4.69, 9.17) is 5.84 Å². The van der Waals surface area contributed by atoms with Crippen LogP contribution in [0.4, 0.5) is 5.69 Å². The molecule has 0 aromatic heterocycles. The summed E-state index contributed by atoms with van der Waals surface area (Å²) in [6.45, 7) is 0. The summed E-state index contributed by atoms with van der Waals surface area (Å²) in [5.74, 6) is 4.62. The largest absolute Gasteiger partial charge is 0.290 e. The van der Waals surface area contributed by atoms with Gasteiger partial charge < -0.3 is 0 Å². The summed E-state index contributed by atoms with van der Waals surface area (Å²) in [5.41, 5.74) is 3.43. The third-order valence-corrected chi connectivity index (χ3v) is 2.67. The van der Waals surface area contributed by atoms with Crippen LogP contribution in [0.25, 0.3) is 11.1 Å². The number of nitro benzene ring substituents is 1. The fourth-order valence-corrected chi connectivity index (χ4v) is 1.78. The molecule has 0 fully saturated rings. The first-order valence-corrected chi connectivity index (χ1v) is 5.48. The highest BCUT2D eigenvalue weighted by Gasteiger charge is 2.16. The Labute approximate surface area is 109 Å². The Hall–Kier alpha value is -2.73. The number of nitro groups is 1. The lowest BCUT2D eigenvalue weighted by molar-refractivity contribution is -0.384. The Kier molecular flexibility index (Phi) is 3.53. The van der Waals surface area contributed by atoms with E-state index in [-0.39, 0.29) is 5.69 Å². The summed E-state index contributed by atoms with van der Waals surface area (Å²) in [6, 6.07) is 13.0. The predicted octanol–water partition coefficient (Wildman–Crippen LogP) is 1.87. The van der Waals surface area contributed by atoms with Gasteiger partial charge in [0.25, 0.3) is 11.6 Å². The average molecular weight is 257 g/mol. The van der Waals surface area contributed by atoms with E-state index >= 15 is 0 Å². The van der Waals surface area contributed by atoms with Crippen molar-refractivity contribution in [1.82, 2.24) is 5.43 Å². The molecule has 0 aliphatic rings. The van der Waals surface area contributed by atoms with Crippen LogP contribution in [0.15, 0.2) is 48.5 Å². The Morgan fingerprint density at radius 1 is 1.16 bits per heavy atom. The topological polar surface area (TPSA) is 98.3 Å². The van der Waals surface area contributed by atoms with Gasteiger partial charge in [0.15, 0.2) is 0 Å². The van der Waals surface area contributed by atoms with Gasteiger partial charge in [-0.15, -0.1) is 0 Å². The molecular weight excluding hydrogens is 246 g/mol. The summed E-state index contributed by atoms with van der Waals surface area (Å²) in [6.07, 6.45) is 0. The summed E-state index contributed by atoms with van der Waals surface area (Å²) in [5, 5.41) is 10.8. The number of carbonyl (C=O) groups excluding carboxylic acids is 1. The molecule has 6 heteroatoms. The molecular formula is C13H11N3O3. The third-order valence-electron chi connectivity index (χ3n) is 2.67. The number of hydrazine groups is 1. The number of non-ortho nitro benzene ring substituents is 1. The second kappa shape index (κ2) is 5.28. The van der Waals surface area contributed by atoms with E-state index in [1.807, 2.05) is 11.5 Å². The van der Waals surface area contributed by atoms with Gasteiger partial charge in [-0.1, -0.05) is 30.3 Å². The molecule has 0 unspecified atom stereocenters. The number of nitrogen functional groups attached to an aromatic ring is 1. The first-order valence-electron chi connectivity index (χ1n) is 5.48.